The third-order valence-electron chi connectivity index (χ3n) is 2.21. The first kappa shape index (κ1) is 14.9. The van der Waals surface area contributed by atoms with Crippen LogP contribution < -0.4 is 16.0 Å². The van der Waals surface area contributed by atoms with Crippen molar-refractivity contribution in [2.45, 2.75) is 19.9 Å². The molecule has 1 unspecified atom stereocenters. The maximum absolute atomic E-state index is 12.9. The van der Waals surface area contributed by atoms with Crippen LogP contribution in [0, 0.1) is 11.6 Å². The van der Waals surface area contributed by atoms with E-state index in [0.717, 1.165) is 18.2 Å². The second kappa shape index (κ2) is 6.67. The lowest BCUT2D eigenvalue weighted by atomic mass is 10.2. The Hall–Kier alpha value is -2.18. The monoisotopic (exact) mass is 271 g/mol. The molecule has 0 radical (unpaired) electrons. The highest BCUT2D eigenvalue weighted by Gasteiger charge is 2.15. The highest BCUT2D eigenvalue weighted by Crippen LogP contribution is 2.13. The Balaban J connectivity index is 2.60. The molecule has 0 bridgehead atoms. The van der Waals surface area contributed by atoms with E-state index in [1.54, 1.807) is 6.92 Å². The van der Waals surface area contributed by atoms with E-state index in [-0.39, 0.29) is 5.69 Å². The van der Waals surface area contributed by atoms with E-state index in [4.69, 9.17) is 0 Å². The number of carbonyl (C=O) groups excluding carboxylic acids is 2. The Labute approximate surface area is 109 Å². The van der Waals surface area contributed by atoms with Gasteiger partial charge in [0.1, 0.15) is 17.7 Å². The van der Waals surface area contributed by atoms with Crippen molar-refractivity contribution in [3.8, 4) is 0 Å². The van der Waals surface area contributed by atoms with E-state index in [0.29, 0.717) is 6.54 Å². The van der Waals surface area contributed by atoms with Gasteiger partial charge in [0.05, 0.1) is 0 Å². The molecule has 1 aromatic carbocycles. The number of urea groups is 1. The van der Waals surface area contributed by atoms with Crippen LogP contribution >= 0.6 is 0 Å². The Morgan fingerprint density at radius 3 is 2.32 bits per heavy atom. The average molecular weight is 271 g/mol. The lowest BCUT2D eigenvalue weighted by molar-refractivity contribution is -0.120. The SMILES string of the molecule is CCNC(=O)NC(=O)C(C)Nc1cc(F)cc(F)c1. The molecule has 7 heteroatoms. The molecule has 0 saturated heterocycles. The largest absolute Gasteiger partial charge is 0.374 e. The molecule has 0 spiro atoms. The first-order valence-corrected chi connectivity index (χ1v) is 5.73. The average Bonchev–Trinajstić information content (AvgIpc) is 2.27. The number of amides is 3. The van der Waals surface area contributed by atoms with E-state index in [2.05, 4.69) is 16.0 Å². The van der Waals surface area contributed by atoms with Crippen LogP contribution in [0.1, 0.15) is 13.8 Å². The van der Waals surface area contributed by atoms with E-state index >= 15 is 0 Å². The molecule has 0 aliphatic carbocycles. The summed E-state index contributed by atoms with van der Waals surface area (Å²) in [4.78, 5) is 22.7. The maximum atomic E-state index is 12.9. The first-order chi connectivity index (χ1) is 8.92. The van der Waals surface area contributed by atoms with Gasteiger partial charge in [-0.1, -0.05) is 0 Å². The van der Waals surface area contributed by atoms with Crippen molar-refractivity contribution in [3.63, 3.8) is 0 Å². The number of nitrogens with one attached hydrogen (secondary N) is 3. The standard InChI is InChI=1S/C12H15F2N3O2/c1-3-15-12(19)17-11(18)7(2)16-10-5-8(13)4-9(14)6-10/h4-7,16H,3H2,1-2H3,(H2,15,17,18,19). The number of rotatable bonds is 4. The van der Waals surface area contributed by atoms with Gasteiger partial charge in [-0.05, 0) is 26.0 Å². The van der Waals surface area contributed by atoms with Gasteiger partial charge in [-0.15, -0.1) is 0 Å². The fourth-order valence-electron chi connectivity index (χ4n) is 1.38. The summed E-state index contributed by atoms with van der Waals surface area (Å²) < 4.78 is 25.9. The molecule has 0 aliphatic heterocycles. The highest BCUT2D eigenvalue weighted by molar-refractivity contribution is 5.97. The number of carbonyl (C=O) groups is 2. The van der Waals surface area contributed by atoms with Gasteiger partial charge in [0.15, 0.2) is 0 Å². The van der Waals surface area contributed by atoms with Crippen LogP contribution in [0.15, 0.2) is 18.2 Å². The van der Waals surface area contributed by atoms with Gasteiger partial charge in [-0.25, -0.2) is 13.6 Å². The molecule has 0 fully saturated rings. The third-order valence-corrected chi connectivity index (χ3v) is 2.21. The van der Waals surface area contributed by atoms with Gasteiger partial charge >= 0.3 is 6.03 Å². The lowest BCUT2D eigenvalue weighted by Gasteiger charge is -2.14. The van der Waals surface area contributed by atoms with Gasteiger partial charge in [-0.2, -0.15) is 0 Å². The summed E-state index contributed by atoms with van der Waals surface area (Å²) in [6.07, 6.45) is 0. The Morgan fingerprint density at radius 1 is 1.21 bits per heavy atom. The molecule has 5 nitrogen and oxygen atoms in total. The Kier molecular flexibility index (Phi) is 5.23. The van der Waals surface area contributed by atoms with Gasteiger partial charge in [0.25, 0.3) is 0 Å². The first-order valence-electron chi connectivity index (χ1n) is 5.73. The normalized spacial score (nSPS) is 11.6. The molecule has 0 heterocycles. The number of anilines is 1. The van der Waals surface area contributed by atoms with Crippen LogP contribution in [0.4, 0.5) is 19.3 Å². The second-order valence-electron chi connectivity index (χ2n) is 3.87. The van der Waals surface area contributed by atoms with Gasteiger partial charge in [-0.3, -0.25) is 10.1 Å². The number of benzene rings is 1. The highest BCUT2D eigenvalue weighted by atomic mass is 19.1. The quantitative estimate of drug-likeness (QED) is 0.779. The molecule has 1 aromatic rings. The molecule has 0 aliphatic rings. The molecular weight excluding hydrogens is 256 g/mol. The van der Waals surface area contributed by atoms with Crippen molar-refractivity contribution in [3.05, 3.63) is 29.8 Å². The number of imide groups is 1. The van der Waals surface area contributed by atoms with Gasteiger partial charge < -0.3 is 10.6 Å². The van der Waals surface area contributed by atoms with E-state index in [1.165, 1.54) is 6.92 Å². The van der Waals surface area contributed by atoms with Crippen molar-refractivity contribution in [2.75, 3.05) is 11.9 Å². The van der Waals surface area contributed by atoms with Crippen LogP contribution in [0.25, 0.3) is 0 Å². The van der Waals surface area contributed by atoms with Crippen LogP contribution in [0.2, 0.25) is 0 Å². The minimum Gasteiger partial charge on any atom is -0.374 e. The molecule has 19 heavy (non-hydrogen) atoms. The molecular formula is C12H15F2N3O2. The van der Waals surface area contributed by atoms with E-state index in [1.807, 2.05) is 0 Å². The summed E-state index contributed by atoms with van der Waals surface area (Å²) in [6, 6.07) is 1.40. The van der Waals surface area contributed by atoms with Crippen LogP contribution in [0.5, 0.6) is 0 Å². The molecule has 3 N–H and O–H groups in total. The van der Waals surface area contributed by atoms with Gasteiger partial charge in [0, 0.05) is 18.3 Å². The van der Waals surface area contributed by atoms with Crippen molar-refractivity contribution in [1.82, 2.24) is 10.6 Å². The van der Waals surface area contributed by atoms with Gasteiger partial charge in [0.2, 0.25) is 5.91 Å². The summed E-state index contributed by atoms with van der Waals surface area (Å²) >= 11 is 0. The summed E-state index contributed by atoms with van der Waals surface area (Å²) in [6.45, 7) is 3.56. The Morgan fingerprint density at radius 2 is 1.79 bits per heavy atom. The zero-order valence-corrected chi connectivity index (χ0v) is 10.6. The minimum atomic E-state index is -0.816. The molecule has 0 saturated carbocycles. The minimum absolute atomic E-state index is 0.121. The van der Waals surface area contributed by atoms with Crippen molar-refractivity contribution >= 4 is 17.6 Å². The number of hydrogen-bond donors (Lipinski definition) is 3. The summed E-state index contributed by atoms with van der Waals surface area (Å²) in [5, 5.41) is 7.08. The summed E-state index contributed by atoms with van der Waals surface area (Å²) in [7, 11) is 0. The van der Waals surface area contributed by atoms with Crippen LogP contribution in [0.3, 0.4) is 0 Å². The zero-order valence-electron chi connectivity index (χ0n) is 10.6. The predicted molar refractivity (Wildman–Crippen MR) is 66.7 cm³/mol. The maximum Gasteiger partial charge on any atom is 0.321 e. The molecule has 3 amide bonds. The van der Waals surface area contributed by atoms with Crippen molar-refractivity contribution in [2.24, 2.45) is 0 Å². The van der Waals surface area contributed by atoms with E-state index < -0.39 is 29.6 Å². The molecule has 1 atom stereocenters. The molecule has 1 rings (SSSR count). The predicted octanol–water partition coefficient (Wildman–Crippen LogP) is 1.61. The lowest BCUT2D eigenvalue weighted by Crippen LogP contribution is -2.45. The molecule has 0 aromatic heterocycles. The summed E-state index contributed by atoms with van der Waals surface area (Å²) in [5.74, 6) is -2.10. The molecule has 104 valence electrons. The van der Waals surface area contributed by atoms with E-state index in [9.17, 15) is 18.4 Å². The third kappa shape index (κ3) is 4.90. The van der Waals surface area contributed by atoms with Crippen LogP contribution in [-0.2, 0) is 4.79 Å². The smallest absolute Gasteiger partial charge is 0.321 e. The van der Waals surface area contributed by atoms with Crippen molar-refractivity contribution in [1.29, 1.82) is 0 Å². The zero-order chi connectivity index (χ0) is 14.4. The fourth-order valence-corrected chi connectivity index (χ4v) is 1.38. The van der Waals surface area contributed by atoms with Crippen molar-refractivity contribution < 1.29 is 18.4 Å². The fraction of sp³-hybridized carbons (Fsp3) is 0.333. The number of hydrogen-bond acceptors (Lipinski definition) is 3. The second-order valence-corrected chi connectivity index (χ2v) is 3.87. The number of halogens is 2. The van der Waals surface area contributed by atoms with Crippen LogP contribution in [-0.4, -0.2) is 24.5 Å². The Bertz CT molecular complexity index is 460. The topological polar surface area (TPSA) is 70.2 Å². The summed E-state index contributed by atoms with van der Waals surface area (Å²) in [5.41, 5.74) is 0.121.